The number of ether oxygens (including phenoxy) is 2. The number of halogens is 2. The van der Waals surface area contributed by atoms with Gasteiger partial charge >= 0.3 is 0 Å². The van der Waals surface area contributed by atoms with Crippen molar-refractivity contribution < 1.29 is 22.7 Å². The molecule has 1 atom stereocenters. The number of hydrogen-bond acceptors (Lipinski definition) is 5. The third-order valence-electron chi connectivity index (χ3n) is 5.22. The van der Waals surface area contributed by atoms with Gasteiger partial charge < -0.3 is 14.8 Å². The van der Waals surface area contributed by atoms with Crippen LogP contribution in [0.25, 0.3) is 0 Å². The fourth-order valence-electron chi connectivity index (χ4n) is 3.49. The molecule has 168 valence electrons. The molecule has 2 aromatic rings. The Morgan fingerprint density at radius 1 is 1.13 bits per heavy atom. The highest BCUT2D eigenvalue weighted by Crippen LogP contribution is 2.32. The molecule has 0 unspecified atom stereocenters. The van der Waals surface area contributed by atoms with Gasteiger partial charge in [-0.15, -0.1) is 0 Å². The molecule has 2 aromatic carbocycles. The second-order valence-corrected chi connectivity index (χ2v) is 9.95. The Labute approximate surface area is 192 Å². The Morgan fingerprint density at radius 2 is 1.87 bits per heavy atom. The van der Waals surface area contributed by atoms with Gasteiger partial charge in [0.2, 0.25) is 15.9 Å². The highest BCUT2D eigenvalue weighted by atomic mass is 35.5. The lowest BCUT2D eigenvalue weighted by Crippen LogP contribution is -2.45. The topological polar surface area (TPSA) is 84.9 Å². The molecule has 1 amide bonds. The molecule has 31 heavy (non-hydrogen) atoms. The summed E-state index contributed by atoms with van der Waals surface area (Å²) in [5.74, 6) is 0.112. The van der Waals surface area contributed by atoms with Crippen LogP contribution in [-0.4, -0.2) is 45.9 Å². The van der Waals surface area contributed by atoms with Gasteiger partial charge in [-0.2, -0.15) is 4.31 Å². The summed E-state index contributed by atoms with van der Waals surface area (Å²) >= 11 is 12.1. The minimum Gasteiger partial charge on any atom is -0.493 e. The molecule has 1 aliphatic rings. The van der Waals surface area contributed by atoms with Gasteiger partial charge in [-0.25, -0.2) is 8.42 Å². The number of rotatable bonds is 7. The Morgan fingerprint density at radius 3 is 2.55 bits per heavy atom. The smallest absolute Gasteiger partial charge is 0.243 e. The molecule has 0 spiro atoms. The maximum absolute atomic E-state index is 13.1. The summed E-state index contributed by atoms with van der Waals surface area (Å²) in [4.78, 5) is 12.8. The van der Waals surface area contributed by atoms with E-state index in [1.807, 2.05) is 0 Å². The molecule has 7 nitrogen and oxygen atoms in total. The molecule has 0 saturated carbocycles. The van der Waals surface area contributed by atoms with Crippen LogP contribution in [0.1, 0.15) is 18.4 Å². The largest absolute Gasteiger partial charge is 0.493 e. The molecule has 1 N–H and O–H groups in total. The number of amides is 1. The number of carbonyl (C=O) groups is 1. The second-order valence-electron chi connectivity index (χ2n) is 7.17. The average molecular weight is 487 g/mol. The van der Waals surface area contributed by atoms with Crippen molar-refractivity contribution in [3.8, 4) is 11.5 Å². The number of nitrogens with zero attached hydrogens (tertiary/aromatic N) is 1. The highest BCUT2D eigenvalue weighted by molar-refractivity contribution is 7.89. The van der Waals surface area contributed by atoms with Crippen LogP contribution >= 0.6 is 23.2 Å². The van der Waals surface area contributed by atoms with E-state index in [0.717, 1.165) is 5.56 Å². The number of nitrogens with one attached hydrogen (secondary N) is 1. The average Bonchev–Trinajstić information content (AvgIpc) is 2.77. The summed E-state index contributed by atoms with van der Waals surface area (Å²) < 4.78 is 38.0. The zero-order valence-corrected chi connectivity index (χ0v) is 19.6. The predicted octanol–water partition coefficient (Wildman–Crippen LogP) is 3.73. The molecule has 1 aliphatic heterocycles. The maximum Gasteiger partial charge on any atom is 0.243 e. The van der Waals surface area contributed by atoms with E-state index in [2.05, 4.69) is 5.32 Å². The van der Waals surface area contributed by atoms with Crippen LogP contribution in [0.2, 0.25) is 10.0 Å². The first-order chi connectivity index (χ1) is 14.8. The fraction of sp³-hybridized carbons (Fsp3) is 0.381. The third-order valence-corrected chi connectivity index (χ3v) is 7.66. The van der Waals surface area contributed by atoms with Gasteiger partial charge in [0.25, 0.3) is 0 Å². The summed E-state index contributed by atoms with van der Waals surface area (Å²) in [6.45, 7) is 0.702. The van der Waals surface area contributed by atoms with Gasteiger partial charge in [0.1, 0.15) is 0 Å². The number of sulfonamides is 1. The van der Waals surface area contributed by atoms with Gasteiger partial charge in [0.15, 0.2) is 11.5 Å². The molecule has 3 rings (SSSR count). The van der Waals surface area contributed by atoms with Crippen molar-refractivity contribution in [1.82, 2.24) is 9.62 Å². The zero-order valence-electron chi connectivity index (χ0n) is 17.2. The highest BCUT2D eigenvalue weighted by Gasteiger charge is 2.33. The van der Waals surface area contributed by atoms with Crippen molar-refractivity contribution in [2.75, 3.05) is 27.3 Å². The number of piperidine rings is 1. The number of carbonyl (C=O) groups excluding carboxylic acids is 1. The van der Waals surface area contributed by atoms with Crippen LogP contribution in [0.15, 0.2) is 41.3 Å². The maximum atomic E-state index is 13.1. The molecule has 0 bridgehead atoms. The van der Waals surface area contributed by atoms with Crippen molar-refractivity contribution in [3.05, 3.63) is 52.0 Å². The number of methoxy groups -OCH3 is 2. The molecule has 0 aliphatic carbocycles. The Hall–Kier alpha value is -2.00. The van der Waals surface area contributed by atoms with E-state index in [4.69, 9.17) is 32.7 Å². The predicted molar refractivity (Wildman–Crippen MR) is 119 cm³/mol. The Kier molecular flexibility index (Phi) is 7.69. The van der Waals surface area contributed by atoms with E-state index in [0.29, 0.717) is 40.9 Å². The molecule has 1 saturated heterocycles. The molecular formula is C21H24Cl2N2O5S. The minimum absolute atomic E-state index is 0.0964. The van der Waals surface area contributed by atoms with Crippen LogP contribution in [0, 0.1) is 5.92 Å². The summed E-state index contributed by atoms with van der Waals surface area (Å²) in [5, 5.41) is 3.83. The second kappa shape index (κ2) is 10.1. The lowest BCUT2D eigenvalue weighted by Gasteiger charge is -2.31. The van der Waals surface area contributed by atoms with E-state index in [-0.39, 0.29) is 23.9 Å². The minimum atomic E-state index is -3.78. The van der Waals surface area contributed by atoms with Crippen molar-refractivity contribution >= 4 is 39.1 Å². The van der Waals surface area contributed by atoms with Gasteiger partial charge in [0.05, 0.1) is 25.0 Å². The van der Waals surface area contributed by atoms with Crippen molar-refractivity contribution in [3.63, 3.8) is 0 Å². The number of benzene rings is 2. The first kappa shape index (κ1) is 23.7. The van der Waals surface area contributed by atoms with Crippen molar-refractivity contribution in [2.24, 2.45) is 5.92 Å². The zero-order chi connectivity index (χ0) is 22.6. The first-order valence-corrected chi connectivity index (χ1v) is 11.9. The quantitative estimate of drug-likeness (QED) is 0.644. The molecule has 10 heteroatoms. The van der Waals surface area contributed by atoms with Gasteiger partial charge in [-0.1, -0.05) is 29.3 Å². The van der Waals surface area contributed by atoms with Gasteiger partial charge in [0, 0.05) is 35.7 Å². The summed E-state index contributed by atoms with van der Waals surface area (Å²) in [7, 11) is -0.853. The van der Waals surface area contributed by atoms with Crippen molar-refractivity contribution in [2.45, 2.75) is 24.3 Å². The van der Waals surface area contributed by atoms with E-state index in [1.165, 1.54) is 30.7 Å². The molecule has 1 heterocycles. The normalized spacial score (nSPS) is 17.2. The lowest BCUT2D eigenvalue weighted by molar-refractivity contribution is -0.126. The Balaban J connectivity index is 1.69. The lowest BCUT2D eigenvalue weighted by atomic mass is 9.99. The fourth-order valence-corrected chi connectivity index (χ4v) is 5.51. The molecular weight excluding hydrogens is 463 g/mol. The SMILES string of the molecule is COc1ccc(S(=O)(=O)N2CCC[C@H](C(=O)NCc3ccc(Cl)cc3Cl)C2)cc1OC. The molecule has 1 fully saturated rings. The first-order valence-electron chi connectivity index (χ1n) is 9.70. The van der Waals surface area contributed by atoms with Crippen LogP contribution in [0.3, 0.4) is 0 Å². The number of hydrogen-bond donors (Lipinski definition) is 1. The Bertz CT molecular complexity index is 1060. The molecule has 0 radical (unpaired) electrons. The van der Waals surface area contributed by atoms with Crippen molar-refractivity contribution in [1.29, 1.82) is 0 Å². The van der Waals surface area contributed by atoms with Crippen LogP contribution in [0.5, 0.6) is 11.5 Å². The van der Waals surface area contributed by atoms with E-state index < -0.39 is 15.9 Å². The monoisotopic (exact) mass is 486 g/mol. The van der Waals surface area contributed by atoms with E-state index >= 15 is 0 Å². The third kappa shape index (κ3) is 5.44. The van der Waals surface area contributed by atoms with Crippen LogP contribution in [0.4, 0.5) is 0 Å². The van der Waals surface area contributed by atoms with Gasteiger partial charge in [-0.3, -0.25) is 4.79 Å². The molecule has 0 aromatic heterocycles. The standard InChI is InChI=1S/C21H24Cl2N2O5S/c1-29-19-8-7-17(11-20(19)30-2)31(27,28)25-9-3-4-15(13-25)21(26)24-12-14-5-6-16(22)10-18(14)23/h5-8,10-11,15H,3-4,9,12-13H2,1-2H3,(H,24,26)/t15-/m0/s1. The van der Waals surface area contributed by atoms with E-state index in [9.17, 15) is 13.2 Å². The van der Waals surface area contributed by atoms with Crippen LogP contribution < -0.4 is 14.8 Å². The van der Waals surface area contributed by atoms with E-state index in [1.54, 1.807) is 24.3 Å². The summed E-state index contributed by atoms with van der Waals surface area (Å²) in [6, 6.07) is 9.52. The summed E-state index contributed by atoms with van der Waals surface area (Å²) in [5.41, 5.74) is 0.741. The van der Waals surface area contributed by atoms with Crippen LogP contribution in [-0.2, 0) is 21.4 Å². The van der Waals surface area contributed by atoms with Gasteiger partial charge in [-0.05, 0) is 42.7 Å². The summed E-state index contributed by atoms with van der Waals surface area (Å²) in [6.07, 6.45) is 1.20.